The number of carbonyl (C=O) groups is 2. The number of esters is 1. The summed E-state index contributed by atoms with van der Waals surface area (Å²) >= 11 is 1.52. The molecule has 2 aliphatic rings. The van der Waals surface area contributed by atoms with Gasteiger partial charge in [-0.3, -0.25) is 19.8 Å². The molecule has 1 fully saturated rings. The first-order chi connectivity index (χ1) is 14.0. The Labute approximate surface area is 170 Å². The molecule has 0 unspecified atom stereocenters. The molecule has 0 saturated carbocycles. The summed E-state index contributed by atoms with van der Waals surface area (Å²) in [5.41, 5.74) is 9.18. The van der Waals surface area contributed by atoms with Crippen molar-refractivity contribution in [3.8, 4) is 0 Å². The van der Waals surface area contributed by atoms with Crippen LogP contribution >= 0.6 is 11.8 Å². The fraction of sp³-hybridized carbons (Fsp3) is 0.444. The Morgan fingerprint density at radius 1 is 1.34 bits per heavy atom. The van der Waals surface area contributed by atoms with Gasteiger partial charge in [-0.25, -0.2) is 4.79 Å². The van der Waals surface area contributed by atoms with Crippen molar-refractivity contribution >= 4 is 29.3 Å². The molecule has 1 amide bonds. The highest BCUT2D eigenvalue weighted by Crippen LogP contribution is 2.48. The molecule has 1 aromatic carbocycles. The van der Waals surface area contributed by atoms with Crippen LogP contribution in [0.4, 0.5) is 5.69 Å². The van der Waals surface area contributed by atoms with E-state index in [0.29, 0.717) is 30.6 Å². The minimum absolute atomic E-state index is 0.0306. The highest BCUT2D eigenvalue weighted by Gasteiger charge is 2.48. The van der Waals surface area contributed by atoms with Gasteiger partial charge in [0.1, 0.15) is 12.3 Å². The number of hydrogen-bond donors (Lipinski definition) is 0. The van der Waals surface area contributed by atoms with Gasteiger partial charge in [-0.05, 0) is 42.5 Å². The Hall–Kier alpha value is -3.04. The molecule has 0 radical (unpaired) electrons. The Morgan fingerprint density at radius 3 is 2.76 bits per heavy atom. The number of nitrogens with zero attached hydrogens (tertiary/aromatic N) is 5. The Kier molecular flexibility index (Phi) is 6.73. The third kappa shape index (κ3) is 4.87. The van der Waals surface area contributed by atoms with Crippen molar-refractivity contribution in [2.24, 2.45) is 5.11 Å². The Balaban J connectivity index is 1.60. The number of β-lactam (4-membered cyclic amide) rings is 1. The summed E-state index contributed by atoms with van der Waals surface area (Å²) in [5, 5.41) is 14.2. The molecular weight excluding hydrogens is 398 g/mol. The highest BCUT2D eigenvalue weighted by molar-refractivity contribution is 8.04. The number of carbonyl (C=O) groups excluding carboxylic acids is 2. The van der Waals surface area contributed by atoms with Crippen LogP contribution in [0.5, 0.6) is 0 Å². The van der Waals surface area contributed by atoms with E-state index in [0.717, 1.165) is 24.2 Å². The maximum absolute atomic E-state index is 12.7. The molecule has 1 aromatic rings. The van der Waals surface area contributed by atoms with Gasteiger partial charge in [0.25, 0.3) is 5.69 Å². The molecule has 1 saturated heterocycles. The van der Waals surface area contributed by atoms with Crippen LogP contribution in [0.15, 0.2) is 40.0 Å². The molecule has 0 aliphatic carbocycles. The number of hydrogen-bond acceptors (Lipinski definition) is 7. The van der Waals surface area contributed by atoms with Crippen LogP contribution in [0.3, 0.4) is 0 Å². The van der Waals surface area contributed by atoms with E-state index in [9.17, 15) is 19.7 Å². The molecule has 0 aromatic heterocycles. The third-order valence-corrected chi connectivity index (χ3v) is 5.96. The topological polar surface area (TPSA) is 139 Å². The molecular formula is C18H19N5O5S. The molecule has 2 aliphatic heterocycles. The summed E-state index contributed by atoms with van der Waals surface area (Å²) in [5.74, 6) is -0.654. The number of ether oxygens (including phenoxy) is 1. The summed E-state index contributed by atoms with van der Waals surface area (Å²) in [6.07, 6.45) is 3.51. The van der Waals surface area contributed by atoms with Gasteiger partial charge in [0.15, 0.2) is 0 Å². The fourth-order valence-corrected chi connectivity index (χ4v) is 4.55. The predicted octanol–water partition coefficient (Wildman–Crippen LogP) is 4.03. The molecule has 11 heteroatoms. The van der Waals surface area contributed by atoms with Gasteiger partial charge in [-0.2, -0.15) is 0 Å². The Bertz CT molecular complexity index is 894. The minimum atomic E-state index is -0.560. The third-order valence-electron chi connectivity index (χ3n) is 4.62. The summed E-state index contributed by atoms with van der Waals surface area (Å²) in [7, 11) is 0. The summed E-state index contributed by atoms with van der Waals surface area (Å²) in [6, 6.07) is 5.77. The lowest BCUT2D eigenvalue weighted by Gasteiger charge is -2.34. The van der Waals surface area contributed by atoms with E-state index in [2.05, 4.69) is 10.0 Å². The van der Waals surface area contributed by atoms with Gasteiger partial charge in [-0.15, -0.1) is 11.8 Å². The fourth-order valence-electron chi connectivity index (χ4n) is 3.11. The van der Waals surface area contributed by atoms with Crippen LogP contribution < -0.4 is 0 Å². The minimum Gasteiger partial charge on any atom is -0.456 e. The van der Waals surface area contributed by atoms with Gasteiger partial charge < -0.3 is 4.74 Å². The van der Waals surface area contributed by atoms with Gasteiger partial charge in [0.2, 0.25) is 5.91 Å². The second kappa shape index (κ2) is 9.44. The molecule has 29 heavy (non-hydrogen) atoms. The first kappa shape index (κ1) is 20.7. The van der Waals surface area contributed by atoms with Gasteiger partial charge in [0.05, 0.1) is 16.7 Å². The average molecular weight is 417 g/mol. The second-order valence-corrected chi connectivity index (χ2v) is 7.85. The van der Waals surface area contributed by atoms with E-state index in [1.165, 1.54) is 40.9 Å². The van der Waals surface area contributed by atoms with E-state index in [4.69, 9.17) is 10.3 Å². The number of benzene rings is 1. The van der Waals surface area contributed by atoms with Crippen LogP contribution in [0.25, 0.3) is 10.4 Å². The zero-order valence-electron chi connectivity index (χ0n) is 15.5. The summed E-state index contributed by atoms with van der Waals surface area (Å²) < 4.78 is 5.37. The van der Waals surface area contributed by atoms with E-state index < -0.39 is 10.9 Å². The SMILES string of the molecule is [N-]=[N+]=NCCCCCC1=C(C(=O)OCc2ccc([N+](=O)[O-])cc2)N2C(=O)C[C@H]2S1. The Morgan fingerprint density at radius 2 is 2.10 bits per heavy atom. The lowest BCUT2D eigenvalue weighted by Crippen LogP contribution is -2.48. The number of nitro groups is 1. The van der Waals surface area contributed by atoms with E-state index >= 15 is 0 Å². The molecule has 0 bridgehead atoms. The predicted molar refractivity (Wildman–Crippen MR) is 105 cm³/mol. The molecule has 2 heterocycles. The lowest BCUT2D eigenvalue weighted by atomic mass is 10.1. The number of azide groups is 1. The van der Waals surface area contributed by atoms with Crippen LogP contribution in [0.2, 0.25) is 0 Å². The first-order valence-corrected chi connectivity index (χ1v) is 10.0. The van der Waals surface area contributed by atoms with Crippen LogP contribution in [-0.4, -0.2) is 33.6 Å². The van der Waals surface area contributed by atoms with E-state index in [1.807, 2.05) is 0 Å². The smallest absolute Gasteiger partial charge is 0.356 e. The monoisotopic (exact) mass is 417 g/mol. The number of non-ortho nitro benzene ring substituents is 1. The lowest BCUT2D eigenvalue weighted by molar-refractivity contribution is -0.384. The van der Waals surface area contributed by atoms with Crippen molar-refractivity contribution in [2.45, 2.75) is 44.1 Å². The summed E-state index contributed by atoms with van der Waals surface area (Å²) in [4.78, 5) is 39.9. The van der Waals surface area contributed by atoms with Crippen LogP contribution in [0, 0.1) is 10.1 Å². The number of amides is 1. The molecule has 1 atom stereocenters. The number of thioether (sulfide) groups is 1. The average Bonchev–Trinajstić information content (AvgIpc) is 3.01. The normalized spacial score (nSPS) is 17.4. The van der Waals surface area contributed by atoms with Crippen molar-refractivity contribution in [1.82, 2.24) is 4.90 Å². The standard InChI is InChI=1S/C18H19N5O5S/c19-21-20-9-3-1-2-4-14-17(22-15(24)10-16(22)29-14)18(25)28-11-12-5-7-13(8-6-12)23(26)27/h5-8,16H,1-4,9-11H2/t16-/m1/s1. The van der Waals surface area contributed by atoms with Crippen LogP contribution in [-0.2, 0) is 20.9 Å². The first-order valence-electron chi connectivity index (χ1n) is 9.14. The van der Waals surface area contributed by atoms with Crippen molar-refractivity contribution in [1.29, 1.82) is 0 Å². The molecule has 152 valence electrons. The second-order valence-electron chi connectivity index (χ2n) is 6.58. The van der Waals surface area contributed by atoms with Crippen molar-refractivity contribution < 1.29 is 19.2 Å². The van der Waals surface area contributed by atoms with Crippen molar-refractivity contribution in [3.63, 3.8) is 0 Å². The van der Waals surface area contributed by atoms with E-state index in [1.54, 1.807) is 0 Å². The molecule has 0 spiro atoms. The number of nitro benzene ring substituents is 1. The maximum Gasteiger partial charge on any atom is 0.356 e. The molecule has 0 N–H and O–H groups in total. The number of unbranched alkanes of at least 4 members (excludes halogenated alkanes) is 2. The largest absolute Gasteiger partial charge is 0.456 e. The number of fused-ring (bicyclic) bond motifs is 1. The van der Waals surface area contributed by atoms with Gasteiger partial charge in [-0.1, -0.05) is 11.5 Å². The number of allylic oxidation sites excluding steroid dienone is 1. The van der Waals surface area contributed by atoms with Crippen LogP contribution in [0.1, 0.15) is 37.7 Å². The zero-order chi connectivity index (χ0) is 20.8. The molecule has 10 nitrogen and oxygen atoms in total. The van der Waals surface area contributed by atoms with Gasteiger partial charge in [0, 0.05) is 28.5 Å². The van der Waals surface area contributed by atoms with E-state index in [-0.39, 0.29) is 23.6 Å². The quantitative estimate of drug-likeness (QED) is 0.0823. The number of rotatable bonds is 10. The zero-order valence-corrected chi connectivity index (χ0v) is 16.3. The van der Waals surface area contributed by atoms with Crippen molar-refractivity contribution in [3.05, 3.63) is 61.0 Å². The molecule has 3 rings (SSSR count). The van der Waals surface area contributed by atoms with Gasteiger partial charge >= 0.3 is 5.97 Å². The highest BCUT2D eigenvalue weighted by atomic mass is 32.2. The maximum atomic E-state index is 12.7. The summed E-state index contributed by atoms with van der Waals surface area (Å²) in [6.45, 7) is 0.414. The van der Waals surface area contributed by atoms with Crippen molar-refractivity contribution in [2.75, 3.05) is 6.54 Å².